The number of halogens is 1. The van der Waals surface area contributed by atoms with E-state index in [2.05, 4.69) is 56.4 Å². The fourth-order valence-electron chi connectivity index (χ4n) is 2.09. The van der Waals surface area contributed by atoms with Gasteiger partial charge in [-0.25, -0.2) is 0 Å². The third-order valence-corrected chi connectivity index (χ3v) is 3.72. The van der Waals surface area contributed by atoms with Gasteiger partial charge in [-0.05, 0) is 49.6 Å². The second-order valence-corrected chi connectivity index (χ2v) is 5.52. The van der Waals surface area contributed by atoms with Crippen LogP contribution in [0.1, 0.15) is 35.2 Å². The summed E-state index contributed by atoms with van der Waals surface area (Å²) in [4.78, 5) is 0. The number of nitrogens with one attached hydrogen (secondary N) is 1. The first kappa shape index (κ1) is 14.1. The molecule has 1 atom stereocenters. The van der Waals surface area contributed by atoms with Crippen LogP contribution in [0.5, 0.6) is 0 Å². The van der Waals surface area contributed by atoms with Gasteiger partial charge in [0.1, 0.15) is 0 Å². The lowest BCUT2D eigenvalue weighted by atomic mass is 10.1. The molecule has 2 rings (SSSR count). The highest BCUT2D eigenvalue weighted by Crippen LogP contribution is 2.17. The number of aryl methyl sites for hydroxylation is 2. The van der Waals surface area contributed by atoms with Crippen LogP contribution in [0.3, 0.4) is 0 Å². The molecule has 0 aliphatic heterocycles. The molecule has 0 aliphatic carbocycles. The van der Waals surface area contributed by atoms with Crippen LogP contribution in [-0.4, -0.2) is 0 Å². The van der Waals surface area contributed by atoms with E-state index in [0.717, 1.165) is 11.6 Å². The highest BCUT2D eigenvalue weighted by atomic mass is 35.5. The van der Waals surface area contributed by atoms with Gasteiger partial charge in [-0.3, -0.25) is 0 Å². The fourth-order valence-corrected chi connectivity index (χ4v) is 2.32. The molecule has 0 radical (unpaired) electrons. The van der Waals surface area contributed by atoms with Crippen molar-refractivity contribution in [2.24, 2.45) is 0 Å². The zero-order valence-corrected chi connectivity index (χ0v) is 12.5. The summed E-state index contributed by atoms with van der Waals surface area (Å²) in [6.07, 6.45) is 0. The maximum atomic E-state index is 5.97. The van der Waals surface area contributed by atoms with Gasteiger partial charge in [-0.15, -0.1) is 0 Å². The predicted molar refractivity (Wildman–Crippen MR) is 82.6 cm³/mol. The Morgan fingerprint density at radius 1 is 1.05 bits per heavy atom. The van der Waals surface area contributed by atoms with Crippen LogP contribution in [0.4, 0.5) is 0 Å². The summed E-state index contributed by atoms with van der Waals surface area (Å²) in [7, 11) is 0. The van der Waals surface area contributed by atoms with E-state index in [1.807, 2.05) is 12.1 Å². The van der Waals surface area contributed by atoms with Crippen molar-refractivity contribution >= 4 is 11.6 Å². The van der Waals surface area contributed by atoms with Gasteiger partial charge in [0, 0.05) is 17.6 Å². The van der Waals surface area contributed by atoms with E-state index < -0.39 is 0 Å². The fraction of sp³-hybridized carbons (Fsp3) is 0.294. The van der Waals surface area contributed by atoms with E-state index in [-0.39, 0.29) is 0 Å². The largest absolute Gasteiger partial charge is 0.306 e. The van der Waals surface area contributed by atoms with Crippen molar-refractivity contribution < 1.29 is 0 Å². The third kappa shape index (κ3) is 3.82. The Labute approximate surface area is 120 Å². The summed E-state index contributed by atoms with van der Waals surface area (Å²) in [6, 6.07) is 15.1. The minimum atomic E-state index is 0.343. The molecule has 1 nitrogen and oxygen atoms in total. The molecular formula is C17H20ClN. The molecule has 2 aromatic rings. The normalized spacial score (nSPS) is 12.4. The monoisotopic (exact) mass is 273 g/mol. The minimum absolute atomic E-state index is 0.343. The van der Waals surface area contributed by atoms with Crippen LogP contribution in [0, 0.1) is 13.8 Å². The molecule has 19 heavy (non-hydrogen) atoms. The van der Waals surface area contributed by atoms with E-state index in [9.17, 15) is 0 Å². The molecule has 0 amide bonds. The molecule has 0 fully saturated rings. The summed E-state index contributed by atoms with van der Waals surface area (Å²) in [5, 5.41) is 4.35. The first-order valence-electron chi connectivity index (χ1n) is 6.61. The first-order valence-corrected chi connectivity index (χ1v) is 6.99. The second kappa shape index (κ2) is 6.23. The Morgan fingerprint density at radius 2 is 1.74 bits per heavy atom. The maximum absolute atomic E-state index is 5.97. The first-order chi connectivity index (χ1) is 9.06. The van der Waals surface area contributed by atoms with Crippen molar-refractivity contribution in [2.75, 3.05) is 0 Å². The van der Waals surface area contributed by atoms with Crippen LogP contribution in [-0.2, 0) is 6.54 Å². The molecule has 2 heteroatoms. The zero-order chi connectivity index (χ0) is 13.8. The molecule has 0 aliphatic rings. The van der Waals surface area contributed by atoms with Gasteiger partial charge >= 0.3 is 0 Å². The Kier molecular flexibility index (Phi) is 4.62. The standard InChI is InChI=1S/C17H20ClN/c1-12-4-6-15(7-5-12)14(3)19-11-16-8-9-17(18)10-13(16)2/h4-10,14,19H,11H2,1-3H3/t14-/m0/s1. The van der Waals surface area contributed by atoms with E-state index in [1.54, 1.807) is 0 Å². The van der Waals surface area contributed by atoms with E-state index in [1.165, 1.54) is 22.3 Å². The summed E-state index contributed by atoms with van der Waals surface area (Å²) in [6.45, 7) is 7.26. The quantitative estimate of drug-likeness (QED) is 0.843. The van der Waals surface area contributed by atoms with Crippen molar-refractivity contribution in [2.45, 2.75) is 33.4 Å². The van der Waals surface area contributed by atoms with Gasteiger partial charge in [-0.2, -0.15) is 0 Å². The Morgan fingerprint density at radius 3 is 2.37 bits per heavy atom. The van der Waals surface area contributed by atoms with Crippen LogP contribution in [0.25, 0.3) is 0 Å². The third-order valence-electron chi connectivity index (χ3n) is 3.48. The van der Waals surface area contributed by atoms with E-state index in [4.69, 9.17) is 11.6 Å². The summed E-state index contributed by atoms with van der Waals surface area (Å²) < 4.78 is 0. The molecule has 2 aromatic carbocycles. The highest BCUT2D eigenvalue weighted by molar-refractivity contribution is 6.30. The average molecular weight is 274 g/mol. The minimum Gasteiger partial charge on any atom is -0.306 e. The molecule has 0 unspecified atom stereocenters. The number of hydrogen-bond acceptors (Lipinski definition) is 1. The molecule has 0 aromatic heterocycles. The van der Waals surface area contributed by atoms with Crippen molar-refractivity contribution in [3.05, 3.63) is 69.7 Å². The van der Waals surface area contributed by atoms with Crippen molar-refractivity contribution in [3.63, 3.8) is 0 Å². The van der Waals surface area contributed by atoms with Crippen molar-refractivity contribution in [3.8, 4) is 0 Å². The smallest absolute Gasteiger partial charge is 0.0408 e. The molecule has 1 N–H and O–H groups in total. The Bertz CT molecular complexity index is 546. The molecule has 0 heterocycles. The summed E-state index contributed by atoms with van der Waals surface area (Å²) in [5.41, 5.74) is 5.14. The predicted octanol–water partition coefficient (Wildman–Crippen LogP) is 4.81. The van der Waals surface area contributed by atoms with Gasteiger partial charge in [-0.1, -0.05) is 47.5 Å². The lowest BCUT2D eigenvalue weighted by molar-refractivity contribution is 0.573. The Balaban J connectivity index is 2.00. The van der Waals surface area contributed by atoms with Gasteiger partial charge in [0.25, 0.3) is 0 Å². The number of hydrogen-bond donors (Lipinski definition) is 1. The number of rotatable bonds is 4. The van der Waals surface area contributed by atoms with Crippen LogP contribution >= 0.6 is 11.6 Å². The summed E-state index contributed by atoms with van der Waals surface area (Å²) >= 11 is 5.97. The molecule has 0 bridgehead atoms. The van der Waals surface area contributed by atoms with E-state index in [0.29, 0.717) is 6.04 Å². The maximum Gasteiger partial charge on any atom is 0.0408 e. The average Bonchev–Trinajstić information content (AvgIpc) is 2.38. The van der Waals surface area contributed by atoms with Gasteiger partial charge < -0.3 is 5.32 Å². The van der Waals surface area contributed by atoms with Gasteiger partial charge in [0.2, 0.25) is 0 Å². The molecule has 0 saturated heterocycles. The highest BCUT2D eigenvalue weighted by Gasteiger charge is 2.05. The molecule has 0 spiro atoms. The van der Waals surface area contributed by atoms with Crippen LogP contribution < -0.4 is 5.32 Å². The molecule has 100 valence electrons. The van der Waals surface area contributed by atoms with Crippen LogP contribution in [0.2, 0.25) is 5.02 Å². The van der Waals surface area contributed by atoms with Crippen LogP contribution in [0.15, 0.2) is 42.5 Å². The van der Waals surface area contributed by atoms with Gasteiger partial charge in [0.15, 0.2) is 0 Å². The Hall–Kier alpha value is -1.31. The van der Waals surface area contributed by atoms with Crippen molar-refractivity contribution in [1.29, 1.82) is 0 Å². The van der Waals surface area contributed by atoms with Crippen molar-refractivity contribution in [1.82, 2.24) is 5.32 Å². The number of benzene rings is 2. The van der Waals surface area contributed by atoms with E-state index >= 15 is 0 Å². The lowest BCUT2D eigenvalue weighted by Gasteiger charge is -2.15. The van der Waals surface area contributed by atoms with Gasteiger partial charge in [0.05, 0.1) is 0 Å². The topological polar surface area (TPSA) is 12.0 Å². The zero-order valence-electron chi connectivity index (χ0n) is 11.7. The SMILES string of the molecule is Cc1ccc([C@H](C)NCc2ccc(Cl)cc2C)cc1. The lowest BCUT2D eigenvalue weighted by Crippen LogP contribution is -2.18. The second-order valence-electron chi connectivity index (χ2n) is 5.08. The molecular weight excluding hydrogens is 254 g/mol. The summed E-state index contributed by atoms with van der Waals surface area (Å²) in [5.74, 6) is 0. The molecule has 0 saturated carbocycles.